The number of carbonyl (C=O) groups is 1. The van der Waals surface area contributed by atoms with Crippen LogP contribution in [0.2, 0.25) is 0 Å². The molecule has 3 aliphatic heterocycles. The molecular weight excluding hydrogens is 500 g/mol. The molecule has 1 N–H and O–H groups in total. The topological polar surface area (TPSA) is 98.9 Å². The fourth-order valence-electron chi connectivity index (χ4n) is 5.44. The molecule has 2 aromatic heterocycles. The van der Waals surface area contributed by atoms with E-state index in [2.05, 4.69) is 0 Å². The minimum atomic E-state index is -1.78. The van der Waals surface area contributed by atoms with E-state index in [-0.39, 0.29) is 11.8 Å². The van der Waals surface area contributed by atoms with Gasteiger partial charge >= 0.3 is 5.97 Å². The summed E-state index contributed by atoms with van der Waals surface area (Å²) in [5, 5.41) is 26.1. The maximum Gasteiger partial charge on any atom is 0.349 e. The molecule has 2 bridgehead atoms. The molecule has 3 aromatic rings. The molecule has 36 heavy (non-hydrogen) atoms. The highest BCUT2D eigenvalue weighted by Gasteiger charge is 2.51. The average Bonchev–Trinajstić information content (AvgIpc) is 3.63. The number of carbonyl (C=O) groups excluding carboxylic acids is 1. The van der Waals surface area contributed by atoms with E-state index in [0.717, 1.165) is 49.9 Å². The molecule has 190 valence electrons. The molecule has 3 saturated heterocycles. The molecule has 1 atom stereocenters. The van der Waals surface area contributed by atoms with Crippen molar-refractivity contribution >= 4 is 34.3 Å². The van der Waals surface area contributed by atoms with Crippen molar-refractivity contribution < 1.29 is 28.8 Å². The summed E-state index contributed by atoms with van der Waals surface area (Å²) in [7, 11) is 0. The largest absolute Gasteiger partial charge is 0.493 e. The van der Waals surface area contributed by atoms with Crippen molar-refractivity contribution in [3.05, 3.63) is 79.2 Å². The highest BCUT2D eigenvalue weighted by molar-refractivity contribution is 7.12. The first kappa shape index (κ1) is 24.9. The van der Waals surface area contributed by atoms with Gasteiger partial charge in [-0.1, -0.05) is 12.1 Å². The molecule has 0 radical (unpaired) electrons. The zero-order valence-electron chi connectivity index (χ0n) is 19.8. The molecule has 8 nitrogen and oxygen atoms in total. The van der Waals surface area contributed by atoms with Gasteiger partial charge in [0.15, 0.2) is 6.10 Å². The van der Waals surface area contributed by atoms with Crippen molar-refractivity contribution in [2.45, 2.75) is 31.0 Å². The Hall–Kier alpha value is -2.79. The van der Waals surface area contributed by atoms with Crippen LogP contribution in [0.3, 0.4) is 0 Å². The summed E-state index contributed by atoms with van der Waals surface area (Å²) in [5.74, 6) is 0.346. The molecule has 0 aliphatic carbocycles. The lowest BCUT2D eigenvalue weighted by Crippen LogP contribution is -2.65. The average molecular weight is 530 g/mol. The number of piperidine rings is 3. The maximum absolute atomic E-state index is 13.5. The first-order valence-corrected chi connectivity index (χ1v) is 13.9. The van der Waals surface area contributed by atoms with Crippen LogP contribution in [0.5, 0.6) is 5.75 Å². The molecule has 1 aromatic carbocycles. The van der Waals surface area contributed by atoms with Gasteiger partial charge in [0.05, 0.1) is 40.9 Å². The van der Waals surface area contributed by atoms with Crippen molar-refractivity contribution in [3.8, 4) is 5.75 Å². The van der Waals surface area contributed by atoms with Gasteiger partial charge in [-0.05, 0) is 35.0 Å². The fraction of sp³-hybridized carbons (Fsp3) is 0.423. The lowest BCUT2D eigenvalue weighted by Gasteiger charge is -2.52. The molecule has 6 rings (SSSR count). The molecular formula is C26H29N2O6S2+. The number of ether oxygens (including phenoxy) is 2. The van der Waals surface area contributed by atoms with Gasteiger partial charge in [0.2, 0.25) is 5.60 Å². The monoisotopic (exact) mass is 529 g/mol. The second kappa shape index (κ2) is 10.3. The summed E-state index contributed by atoms with van der Waals surface area (Å²) >= 11 is 2.70. The number of fused-ring (bicyclic) bond motifs is 3. The summed E-state index contributed by atoms with van der Waals surface area (Å²) in [6.07, 6.45) is 2.60. The van der Waals surface area contributed by atoms with E-state index in [9.17, 15) is 20.0 Å². The van der Waals surface area contributed by atoms with E-state index in [0.29, 0.717) is 28.0 Å². The van der Waals surface area contributed by atoms with Crippen molar-refractivity contribution in [1.29, 1.82) is 0 Å². The second-order valence-electron chi connectivity index (χ2n) is 9.59. The Morgan fingerprint density at radius 1 is 1.08 bits per heavy atom. The molecule has 10 heteroatoms. The van der Waals surface area contributed by atoms with Gasteiger partial charge < -0.3 is 19.1 Å². The molecule has 1 unspecified atom stereocenters. The van der Waals surface area contributed by atoms with E-state index in [1.807, 2.05) is 22.9 Å². The van der Waals surface area contributed by atoms with Crippen molar-refractivity contribution in [2.24, 2.45) is 5.92 Å². The summed E-state index contributed by atoms with van der Waals surface area (Å²) in [4.78, 5) is 25.0. The standard InChI is InChI=1S/C26H29N2O6S2/c29-25(26(30,23-4-1-16-35-23)24-5-2-17-36-24)34-22-18-28(13-10-19(22)11-14-28)12-3-15-33-21-8-6-20(7-9-21)27(31)32/h1-2,4-9,16-17,19,22,30H,3,10-15,18H2/q+1. The number of esters is 1. The summed E-state index contributed by atoms with van der Waals surface area (Å²) in [6, 6.07) is 13.3. The van der Waals surface area contributed by atoms with Crippen LogP contribution in [0, 0.1) is 16.0 Å². The first-order chi connectivity index (χ1) is 17.4. The van der Waals surface area contributed by atoms with Gasteiger partial charge in [-0.2, -0.15) is 0 Å². The molecule has 5 heterocycles. The number of nitro benzene ring substituents is 1. The third-order valence-corrected chi connectivity index (χ3v) is 9.40. The predicted octanol–water partition coefficient (Wildman–Crippen LogP) is 4.58. The van der Waals surface area contributed by atoms with Crippen molar-refractivity contribution in [2.75, 3.05) is 32.8 Å². The van der Waals surface area contributed by atoms with E-state index < -0.39 is 16.5 Å². The van der Waals surface area contributed by atoms with Crippen LogP contribution in [-0.4, -0.2) is 59.4 Å². The summed E-state index contributed by atoms with van der Waals surface area (Å²) < 4.78 is 12.8. The maximum atomic E-state index is 13.5. The number of quaternary nitrogens is 1. The van der Waals surface area contributed by atoms with Crippen LogP contribution in [0.15, 0.2) is 59.3 Å². The Labute approximate surface area is 217 Å². The van der Waals surface area contributed by atoms with E-state index in [1.54, 1.807) is 24.3 Å². The Balaban J connectivity index is 1.20. The number of hydrogen-bond donors (Lipinski definition) is 1. The number of benzene rings is 1. The highest BCUT2D eigenvalue weighted by atomic mass is 32.1. The third kappa shape index (κ3) is 4.90. The number of hydrogen-bond acceptors (Lipinski definition) is 8. The molecule has 3 aliphatic rings. The Bertz CT molecular complexity index is 1140. The Morgan fingerprint density at radius 2 is 1.72 bits per heavy atom. The molecule has 0 amide bonds. The molecule has 3 fully saturated rings. The van der Waals surface area contributed by atoms with E-state index in [4.69, 9.17) is 9.47 Å². The molecule has 0 spiro atoms. The van der Waals surface area contributed by atoms with Crippen molar-refractivity contribution in [1.82, 2.24) is 0 Å². The number of aliphatic hydroxyl groups is 1. The third-order valence-electron chi connectivity index (χ3n) is 7.44. The number of nitrogens with zero attached hydrogens (tertiary/aromatic N) is 2. The van der Waals surface area contributed by atoms with Crippen LogP contribution in [0.25, 0.3) is 0 Å². The number of thiophene rings is 2. The Morgan fingerprint density at radius 3 is 2.28 bits per heavy atom. The van der Waals surface area contributed by atoms with Gasteiger partial charge in [-0.3, -0.25) is 10.1 Å². The van der Waals surface area contributed by atoms with Gasteiger partial charge in [-0.15, -0.1) is 22.7 Å². The summed E-state index contributed by atoms with van der Waals surface area (Å²) in [5.41, 5.74) is -1.74. The van der Waals surface area contributed by atoms with Gasteiger partial charge in [0, 0.05) is 37.3 Å². The van der Waals surface area contributed by atoms with Gasteiger partial charge in [0.1, 0.15) is 12.3 Å². The lowest BCUT2D eigenvalue weighted by molar-refractivity contribution is -0.946. The summed E-state index contributed by atoms with van der Waals surface area (Å²) in [6.45, 7) is 4.28. The van der Waals surface area contributed by atoms with Crippen molar-refractivity contribution in [3.63, 3.8) is 0 Å². The first-order valence-electron chi connectivity index (χ1n) is 12.1. The minimum Gasteiger partial charge on any atom is -0.493 e. The number of non-ortho nitro benzene ring substituents is 1. The van der Waals surface area contributed by atoms with E-state index >= 15 is 0 Å². The zero-order chi connectivity index (χ0) is 25.2. The zero-order valence-corrected chi connectivity index (χ0v) is 21.4. The van der Waals surface area contributed by atoms with Crippen LogP contribution in [0.1, 0.15) is 29.0 Å². The number of nitro groups is 1. The molecule has 0 saturated carbocycles. The Kier molecular flexibility index (Phi) is 7.11. The van der Waals surface area contributed by atoms with Crippen LogP contribution < -0.4 is 4.74 Å². The SMILES string of the molecule is O=C(OC1C[N+]2(CCCOc3ccc([N+](=O)[O-])cc3)CCC1CC2)C(O)(c1cccs1)c1cccs1. The normalized spacial score (nSPS) is 23.4. The van der Waals surface area contributed by atoms with Gasteiger partial charge in [-0.25, -0.2) is 4.79 Å². The van der Waals surface area contributed by atoms with Gasteiger partial charge in [0.25, 0.3) is 5.69 Å². The van der Waals surface area contributed by atoms with Crippen LogP contribution in [0.4, 0.5) is 5.69 Å². The highest BCUT2D eigenvalue weighted by Crippen LogP contribution is 2.40. The quantitative estimate of drug-likeness (QED) is 0.136. The fourth-order valence-corrected chi connectivity index (χ4v) is 7.15. The minimum absolute atomic E-state index is 0.0440. The number of rotatable bonds is 10. The van der Waals surface area contributed by atoms with Crippen LogP contribution >= 0.6 is 22.7 Å². The predicted molar refractivity (Wildman–Crippen MR) is 137 cm³/mol. The van der Waals surface area contributed by atoms with E-state index in [1.165, 1.54) is 34.8 Å². The van der Waals surface area contributed by atoms with Crippen LogP contribution in [-0.2, 0) is 15.1 Å². The second-order valence-corrected chi connectivity index (χ2v) is 11.5. The lowest BCUT2D eigenvalue weighted by atomic mass is 9.83. The smallest absolute Gasteiger partial charge is 0.349 e.